The quantitative estimate of drug-likeness (QED) is 0.0375. The zero-order valence-electron chi connectivity index (χ0n) is 27.0. The fourth-order valence-electron chi connectivity index (χ4n) is 3.19. The zero-order chi connectivity index (χ0) is 33.3. The molecule has 0 saturated carbocycles. The molecule has 0 unspecified atom stereocenters. The van der Waals surface area contributed by atoms with Crippen molar-refractivity contribution in [3.8, 4) is 0 Å². The summed E-state index contributed by atoms with van der Waals surface area (Å²) in [6.07, 6.45) is 3.62. The van der Waals surface area contributed by atoms with Crippen molar-refractivity contribution in [2.45, 2.75) is 19.3 Å². The summed E-state index contributed by atoms with van der Waals surface area (Å²) in [5.74, 6) is -1.59. The number of carboxylic acid groups (broad SMARTS) is 1. The van der Waals surface area contributed by atoms with E-state index in [0.717, 1.165) is 12.1 Å². The minimum absolute atomic E-state index is 0. The molecule has 0 saturated heterocycles. The number of nitrogens with one attached hydrogen (secondary N) is 3. The van der Waals surface area contributed by atoms with Gasteiger partial charge in [-0.05, 0) is 31.0 Å². The molecule has 2 rings (SSSR count). The number of carbonyl (C=O) groups is 3. The van der Waals surface area contributed by atoms with Crippen LogP contribution in [0.25, 0.3) is 0 Å². The van der Waals surface area contributed by atoms with Crippen LogP contribution in [0.4, 0.5) is 23.1 Å². The Morgan fingerprint density at radius 1 is 1.04 bits per heavy atom. The molecule has 0 aliphatic heterocycles. The Kier molecular flexibility index (Phi) is 28.9. The molecule has 0 radical (unpaired) electrons. The van der Waals surface area contributed by atoms with Gasteiger partial charge in [0, 0.05) is 49.9 Å². The van der Waals surface area contributed by atoms with Crippen LogP contribution in [0, 0.1) is 13.8 Å². The van der Waals surface area contributed by atoms with Crippen molar-refractivity contribution < 1.29 is 103 Å². The number of nitrogens with zero attached hydrogens (tertiary/aromatic N) is 3. The minimum atomic E-state index is -1.01. The van der Waals surface area contributed by atoms with Crippen LogP contribution in [0.2, 0.25) is 0 Å². The van der Waals surface area contributed by atoms with Crippen LogP contribution in [-0.4, -0.2) is 105 Å². The molecule has 0 spiro atoms. The molecule has 2 aromatic rings. The van der Waals surface area contributed by atoms with Gasteiger partial charge in [-0.1, -0.05) is 0 Å². The first kappa shape index (κ1) is 46.3. The number of hydrogen-bond donors (Lipinski definition) is 7. The Bertz CT molecular complexity index is 1280. The summed E-state index contributed by atoms with van der Waals surface area (Å²) in [6.45, 7) is 7.65. The van der Waals surface area contributed by atoms with Crippen molar-refractivity contribution in [2.24, 2.45) is 21.5 Å². The predicted octanol–water partition coefficient (Wildman–Crippen LogP) is -2.38. The molecule has 256 valence electrons. The molecule has 0 fully saturated rings. The van der Waals surface area contributed by atoms with E-state index in [4.69, 9.17) is 36.5 Å². The van der Waals surface area contributed by atoms with E-state index in [9.17, 15) is 19.2 Å². The van der Waals surface area contributed by atoms with Crippen LogP contribution in [0.3, 0.4) is 0 Å². The number of rotatable bonds is 22. The number of amides is 2. The Morgan fingerprint density at radius 2 is 1.66 bits per heavy atom. The summed E-state index contributed by atoms with van der Waals surface area (Å²) < 4.78 is 15.6. The van der Waals surface area contributed by atoms with Gasteiger partial charge in [0.15, 0.2) is 17.5 Å². The second-order valence-corrected chi connectivity index (χ2v) is 8.81. The van der Waals surface area contributed by atoms with Crippen molar-refractivity contribution in [2.75, 3.05) is 70.3 Å². The number of nitrogens with two attached hydrogens (primary N) is 3. The van der Waals surface area contributed by atoms with Crippen molar-refractivity contribution in [3.05, 3.63) is 54.0 Å². The third-order valence-corrected chi connectivity index (χ3v) is 5.30. The van der Waals surface area contributed by atoms with Gasteiger partial charge in [-0.25, -0.2) is 4.99 Å². The second-order valence-electron chi connectivity index (χ2n) is 8.81. The van der Waals surface area contributed by atoms with Gasteiger partial charge in [0.1, 0.15) is 0 Å². The molecule has 18 heteroatoms. The molecule has 1 heterocycles. The minimum Gasteiger partial charge on any atom is -0.503 e. The van der Waals surface area contributed by atoms with E-state index >= 15 is 0 Å². The maximum atomic E-state index is 11.6. The van der Waals surface area contributed by atoms with E-state index in [2.05, 4.69) is 37.3 Å². The molecular formula is C29H45CsN9O8-. The number of H-pyrrole nitrogens is 1. The molecule has 47 heavy (non-hydrogen) atoms. The number of anilines is 2. The van der Waals surface area contributed by atoms with Gasteiger partial charge in [-0.3, -0.25) is 35.6 Å². The van der Waals surface area contributed by atoms with Crippen LogP contribution < -0.4 is 102 Å². The van der Waals surface area contributed by atoms with E-state index in [1.807, 2.05) is 0 Å². The molecule has 2 amide bonds. The maximum absolute atomic E-state index is 11.6. The SMILES string of the molecule is C=Nc1c(/N=C\CCNc2ccc(C(N)=O)cc2)nc(N)[nH]c1=O.NCCOCCOCCOCCNC(=O)CC[CH-]C(=O)O.[CH3-].[Cs+]. The van der Waals surface area contributed by atoms with Crippen LogP contribution in [0.1, 0.15) is 29.6 Å². The van der Waals surface area contributed by atoms with Crippen molar-refractivity contribution >= 4 is 53.9 Å². The van der Waals surface area contributed by atoms with E-state index in [-0.39, 0.29) is 113 Å². The van der Waals surface area contributed by atoms with Gasteiger partial charge < -0.3 is 54.6 Å². The first-order chi connectivity index (χ1) is 21.7. The zero-order valence-corrected chi connectivity index (χ0v) is 33.3. The molecule has 0 aliphatic carbocycles. The second kappa shape index (κ2) is 29.4. The number of benzene rings is 1. The normalized spacial score (nSPS) is 10.1. The molecule has 0 bridgehead atoms. The third kappa shape index (κ3) is 23.2. The third-order valence-electron chi connectivity index (χ3n) is 5.30. The first-order valence-electron chi connectivity index (χ1n) is 14.0. The van der Waals surface area contributed by atoms with E-state index < -0.39 is 17.4 Å². The van der Waals surface area contributed by atoms with Crippen molar-refractivity contribution in [3.63, 3.8) is 0 Å². The van der Waals surface area contributed by atoms with Crippen LogP contribution >= 0.6 is 0 Å². The number of aliphatic imine (C=N–C) groups is 2. The Morgan fingerprint density at radius 3 is 2.23 bits per heavy atom. The smallest absolute Gasteiger partial charge is 0.503 e. The fraction of sp³-hybridized carbons (Fsp3) is 0.414. The number of carboxylic acids is 1. The summed E-state index contributed by atoms with van der Waals surface area (Å²) in [4.78, 5) is 58.0. The number of primary amides is 1. The topological polar surface area (TPSA) is 272 Å². The number of carbonyl (C=O) groups excluding carboxylic acids is 2. The number of aromatic amines is 1. The molecular weight excluding hydrogens is 735 g/mol. The number of nitrogen functional groups attached to an aromatic ring is 1. The van der Waals surface area contributed by atoms with Gasteiger partial charge in [0.05, 0.1) is 39.6 Å². The molecule has 17 nitrogen and oxygen atoms in total. The molecule has 0 atom stereocenters. The summed E-state index contributed by atoms with van der Waals surface area (Å²) in [7, 11) is 0. The maximum Gasteiger partial charge on any atom is 1.00 e. The average molecular weight is 781 g/mol. The Hall–Kier alpha value is -2.79. The Balaban J connectivity index is 0. The van der Waals surface area contributed by atoms with Gasteiger partial charge >= 0.3 is 68.9 Å². The molecule has 10 N–H and O–H groups in total. The number of aromatic nitrogens is 2. The van der Waals surface area contributed by atoms with Gasteiger partial charge in [-0.2, -0.15) is 4.98 Å². The average Bonchev–Trinajstić information content (AvgIpc) is 3.00. The van der Waals surface area contributed by atoms with Gasteiger partial charge in [0.25, 0.3) is 5.56 Å². The number of ether oxygens (including phenoxy) is 3. The fourth-order valence-corrected chi connectivity index (χ4v) is 3.19. The molecule has 1 aromatic heterocycles. The number of aliphatic carboxylic acids is 1. The monoisotopic (exact) mass is 780 g/mol. The van der Waals surface area contributed by atoms with Crippen molar-refractivity contribution in [1.82, 2.24) is 15.3 Å². The summed E-state index contributed by atoms with van der Waals surface area (Å²) in [6, 6.07) is 6.80. The van der Waals surface area contributed by atoms with Crippen molar-refractivity contribution in [1.29, 1.82) is 0 Å². The van der Waals surface area contributed by atoms with E-state index in [0.29, 0.717) is 71.3 Å². The van der Waals surface area contributed by atoms with E-state index in [1.54, 1.807) is 30.5 Å². The summed E-state index contributed by atoms with van der Waals surface area (Å²) in [5.41, 5.74) is 16.7. The summed E-state index contributed by atoms with van der Waals surface area (Å²) >= 11 is 0. The van der Waals surface area contributed by atoms with Crippen LogP contribution in [-0.2, 0) is 23.8 Å². The predicted molar refractivity (Wildman–Crippen MR) is 177 cm³/mol. The first-order valence-corrected chi connectivity index (χ1v) is 14.0. The van der Waals surface area contributed by atoms with Gasteiger partial charge in [0.2, 0.25) is 17.8 Å². The van der Waals surface area contributed by atoms with Crippen LogP contribution in [0.5, 0.6) is 0 Å². The summed E-state index contributed by atoms with van der Waals surface area (Å²) in [5, 5.41) is 14.2. The number of hydrogen-bond acceptors (Lipinski definition) is 13. The molecule has 0 aliphatic rings. The Labute approximate surface area is 333 Å². The van der Waals surface area contributed by atoms with Crippen LogP contribution in [0.15, 0.2) is 39.0 Å². The standard InChI is InChI=1S/C15H17N7O2.C13H25N2O6.CH3.Cs/c1-18-11-13(21-15(17)22-14(11)24)20-8-2-7-19-10-5-3-9(4-6-10)12(16)23;14-4-6-19-8-10-21-11-9-20-7-5-15-12(16)2-1-3-13(17)18;;/h3-6,8,19H,1-2,7H2,(H2,16,23)(H3,17,21,22,24);3H,1-2,4-11,14H2,(H,15,16)(H,17,18);1H3;/q;2*-1;+1/b20-8-;;;. The van der Waals surface area contributed by atoms with E-state index in [1.165, 1.54) is 0 Å². The van der Waals surface area contributed by atoms with Gasteiger partial charge in [-0.15, -0.1) is 6.42 Å². The largest absolute Gasteiger partial charge is 1.00 e. The molecule has 1 aromatic carbocycles.